The molecule has 0 aliphatic heterocycles. The van der Waals surface area contributed by atoms with E-state index < -0.39 is 73.7 Å². The van der Waals surface area contributed by atoms with Crippen molar-refractivity contribution in [3.05, 3.63) is 0 Å². The molecule has 0 heterocycles. The number of unbranched alkanes of at least 4 members (excludes halogenated alkanes) is 1. The second-order valence-electron chi connectivity index (χ2n) is 25.3. The highest BCUT2D eigenvalue weighted by Gasteiger charge is 2.40. The van der Waals surface area contributed by atoms with E-state index in [9.17, 15) is 29.1 Å². The molecule has 103 heavy (non-hydrogen) atoms. The predicted molar refractivity (Wildman–Crippen MR) is 455 cm³/mol. The SMILES string of the molecule is C.C.C.C.C.C.C.C.C.C.C.CCC[Si](C)(CCCC(C)C(=O)O)OC.CCC[Si](C)(CCCC(CC(=O)NCCN)C(=O)NCCN)OC.CCC[Si](C)(CCCCC(=O)O)OC.CCC[Si](C)(CCCN)OC.CCC[Si](CCCOC(C)(CC)C(=O)O)(OC)O[Si](C)(C)C.O=C=O.O=C=O. The van der Waals surface area contributed by atoms with Crippen LogP contribution in [0.1, 0.15) is 240 Å². The van der Waals surface area contributed by atoms with Crippen molar-refractivity contribution in [2.24, 2.45) is 29.0 Å². The van der Waals surface area contributed by atoms with Crippen molar-refractivity contribution in [3.63, 3.8) is 0 Å². The minimum Gasteiger partial charge on any atom is -0.481 e. The summed E-state index contributed by atoms with van der Waals surface area (Å²) in [6.45, 7) is 34.5. The van der Waals surface area contributed by atoms with Crippen LogP contribution >= 0.6 is 0 Å². The number of amides is 2. The maximum Gasteiger partial charge on any atom is 0.373 e. The van der Waals surface area contributed by atoms with Gasteiger partial charge >= 0.3 is 38.8 Å². The lowest BCUT2D eigenvalue weighted by molar-refractivity contribution is -0.193. The summed E-state index contributed by atoms with van der Waals surface area (Å²) in [6.07, 6.45) is 14.1. The van der Waals surface area contributed by atoms with Crippen LogP contribution in [0.5, 0.6) is 0 Å². The Kier molecular flexibility index (Phi) is 127. The number of ether oxygens (including phenoxy) is 1. The molecule has 0 aromatic rings. The summed E-state index contributed by atoms with van der Waals surface area (Å²) in [6, 6.07) is 10.9. The number of nitrogens with two attached hydrogens (primary N) is 3. The van der Waals surface area contributed by atoms with Gasteiger partial charge in [0.25, 0.3) is 0 Å². The molecule has 0 fully saturated rings. The lowest BCUT2D eigenvalue weighted by Crippen LogP contribution is -2.49. The maximum atomic E-state index is 12.3. The van der Waals surface area contributed by atoms with Crippen molar-refractivity contribution in [2.75, 3.05) is 74.9 Å². The van der Waals surface area contributed by atoms with E-state index in [1.165, 1.54) is 30.6 Å². The lowest BCUT2D eigenvalue weighted by atomic mass is 9.98. The zero-order valence-corrected chi connectivity index (χ0v) is 67.4. The molecule has 0 radical (unpaired) electrons. The third-order valence-corrected chi connectivity index (χ3v) is 38.7. The summed E-state index contributed by atoms with van der Waals surface area (Å²) in [5.74, 6) is -3.06. The highest BCUT2D eigenvalue weighted by Crippen LogP contribution is 2.29. The topological polar surface area (TPSA) is 381 Å². The highest BCUT2D eigenvalue weighted by molar-refractivity contribution is 6.82. The van der Waals surface area contributed by atoms with E-state index in [1.807, 2.05) is 14.0 Å². The molecule has 0 aliphatic rings. The zero-order valence-electron chi connectivity index (χ0n) is 61.4. The van der Waals surface area contributed by atoms with Gasteiger partial charge in [-0.25, -0.2) is 4.79 Å². The van der Waals surface area contributed by atoms with Gasteiger partial charge in [-0.1, -0.05) is 182 Å². The highest BCUT2D eigenvalue weighted by atomic mass is 28.4. The number of hydrogen-bond acceptors (Lipinski definition) is 19. The molecule has 2 amide bonds. The molecule has 0 bridgehead atoms. The quantitative estimate of drug-likeness (QED) is 0.0207. The standard InChI is InChI=1S/C16H36N4O3Si.C15H34O5Si2.C11H24O3Si.C10H22O3Si.C8H21NOSi.2CO2.11CH4/c1-4-11-24(3,23-2)12-5-6-14(16(22)20-10-8-18)13-15(21)19-9-7-17;1-8-12-22(18-4,20-21(5,6)7)13-10-11-19-15(3,9-2)14(16)17;1-5-8-15(4,14-3)9-6-7-10(2)11(12)13;1-4-8-14(3,13-2)9-6-5-7-10(11)12;1-4-7-11(3,10-2)8-5-6-9;2*2-1-3;;;;;;;;;;;/h14H,4-13,17-18H2,1-3H3,(H,19,21)(H,20,22);8-13H2,1-7H3,(H,16,17);10H,5-9H2,1-4H3,(H,12,13);4-9H2,1-3H3,(H,11,12);4-9H2,1-3H3;;;11*1H4. The Balaban J connectivity index is -0.0000000534. The van der Waals surface area contributed by atoms with E-state index in [4.69, 9.17) is 77.6 Å². The molecule has 8 atom stereocenters. The van der Waals surface area contributed by atoms with E-state index in [0.29, 0.717) is 52.0 Å². The van der Waals surface area contributed by atoms with Crippen molar-refractivity contribution < 1.29 is 89.5 Å². The van der Waals surface area contributed by atoms with E-state index in [2.05, 4.69) is 91.1 Å². The average molecular weight is 1600 g/mol. The molecule has 8 unspecified atom stereocenters. The first-order valence-corrected chi connectivity index (χ1v) is 50.3. The second kappa shape index (κ2) is 89.6. The fourth-order valence-electron chi connectivity index (χ4n) is 9.85. The molecule has 0 rings (SSSR count). The molecule has 30 heteroatoms. The summed E-state index contributed by atoms with van der Waals surface area (Å²) in [7, 11) is -0.923. The molecule has 0 aromatic carbocycles. The van der Waals surface area contributed by atoms with Gasteiger partial charge in [0, 0.05) is 87.1 Å². The van der Waals surface area contributed by atoms with E-state index in [1.54, 1.807) is 42.3 Å². The normalized spacial score (nSPS) is 13.7. The molecule has 0 saturated heterocycles. The van der Waals surface area contributed by atoms with Gasteiger partial charge in [0.1, 0.15) is 0 Å². The molecule has 24 nitrogen and oxygen atoms in total. The third-order valence-electron chi connectivity index (χ3n) is 15.8. The fraction of sp³-hybridized carbons (Fsp3) is 0.904. The van der Waals surface area contributed by atoms with Crippen LogP contribution in [0.15, 0.2) is 0 Å². The Morgan fingerprint density at radius 3 is 1.11 bits per heavy atom. The lowest BCUT2D eigenvalue weighted by Gasteiger charge is -2.35. The first-order chi connectivity index (χ1) is 43.0. The first kappa shape index (κ1) is 146. The molecule has 0 aromatic heterocycles. The molecule has 636 valence electrons. The Hall–Kier alpha value is -2.99. The number of aliphatic carboxylic acids is 3. The fourth-order valence-corrected chi connectivity index (χ4v) is 28.3. The van der Waals surface area contributed by atoms with Gasteiger partial charge in [0.05, 0.1) is 5.92 Å². The van der Waals surface area contributed by atoms with Gasteiger partial charge < -0.3 is 74.1 Å². The second-order valence-corrected chi connectivity index (χ2v) is 50.8. The summed E-state index contributed by atoms with van der Waals surface area (Å²) < 4.78 is 40.4. The van der Waals surface area contributed by atoms with Crippen LogP contribution in [0.2, 0.25) is 106 Å². The summed E-state index contributed by atoms with van der Waals surface area (Å²) in [5, 5.41) is 32.0. The number of hydrogen-bond donors (Lipinski definition) is 8. The molecular formula is C73H181N5O19Si6. The van der Waals surface area contributed by atoms with Gasteiger partial charge in [-0.3, -0.25) is 19.2 Å². The number of rotatable bonds is 48. The Bertz CT molecular complexity index is 1910. The number of carbonyl (C=O) groups is 5. The largest absolute Gasteiger partial charge is 0.481 e. The van der Waals surface area contributed by atoms with Crippen LogP contribution in [0.4, 0.5) is 0 Å². The van der Waals surface area contributed by atoms with Crippen LogP contribution < -0.4 is 27.8 Å². The third kappa shape index (κ3) is 87.8. The Labute approximate surface area is 644 Å². The van der Waals surface area contributed by atoms with Crippen LogP contribution in [0, 0.1) is 11.8 Å². The average Bonchev–Trinajstić information content (AvgIpc) is 0.849. The van der Waals surface area contributed by atoms with Gasteiger partial charge in [0.2, 0.25) is 11.8 Å². The van der Waals surface area contributed by atoms with Crippen LogP contribution in [-0.4, -0.2) is 188 Å². The maximum absolute atomic E-state index is 12.3. The summed E-state index contributed by atoms with van der Waals surface area (Å²) >= 11 is 0. The van der Waals surface area contributed by atoms with E-state index >= 15 is 0 Å². The Morgan fingerprint density at radius 2 is 0.816 bits per heavy atom. The zero-order chi connectivity index (χ0) is 72.9. The van der Waals surface area contributed by atoms with Crippen molar-refractivity contribution in [3.8, 4) is 0 Å². The number of nitrogens with one attached hydrogen (secondary N) is 2. The minimum atomic E-state index is -2.20. The number of carboxylic acids is 3. The monoisotopic (exact) mass is 1600 g/mol. The number of carbonyl (C=O) groups excluding carboxylic acids is 6. The number of carboxylic acid groups (broad SMARTS) is 3. The van der Waals surface area contributed by atoms with E-state index in [0.717, 1.165) is 113 Å². The van der Waals surface area contributed by atoms with Crippen LogP contribution in [-0.2, 0) is 74.1 Å². The summed E-state index contributed by atoms with van der Waals surface area (Å²) in [4.78, 5) is 88.9. The van der Waals surface area contributed by atoms with Gasteiger partial charge in [0.15, 0.2) is 47.2 Å². The van der Waals surface area contributed by atoms with Gasteiger partial charge in [-0.2, -0.15) is 19.2 Å². The van der Waals surface area contributed by atoms with Crippen molar-refractivity contribution in [2.45, 2.75) is 352 Å². The Morgan fingerprint density at radius 1 is 0.466 bits per heavy atom. The van der Waals surface area contributed by atoms with Crippen LogP contribution in [0.3, 0.4) is 0 Å². The molecule has 0 saturated carbocycles. The van der Waals surface area contributed by atoms with Crippen LogP contribution in [0.25, 0.3) is 0 Å². The minimum absolute atomic E-state index is 0. The summed E-state index contributed by atoms with van der Waals surface area (Å²) in [5.41, 5.74) is 15.2. The molecule has 0 spiro atoms. The van der Waals surface area contributed by atoms with Crippen molar-refractivity contribution in [1.82, 2.24) is 10.6 Å². The molecule has 0 aliphatic carbocycles. The van der Waals surface area contributed by atoms with Gasteiger partial charge in [-0.05, 0) is 158 Å². The van der Waals surface area contributed by atoms with Crippen molar-refractivity contribution >= 4 is 92.2 Å². The van der Waals surface area contributed by atoms with Gasteiger partial charge in [-0.15, -0.1) is 0 Å². The first-order valence-electron chi connectivity index (χ1n) is 33.4. The molecule has 11 N–H and O–H groups in total. The smallest absolute Gasteiger partial charge is 0.373 e. The molecular weight excluding hydrogens is 1420 g/mol. The van der Waals surface area contributed by atoms with Crippen molar-refractivity contribution in [1.29, 1.82) is 0 Å². The predicted octanol–water partition coefficient (Wildman–Crippen LogP) is 18.3. The van der Waals surface area contributed by atoms with E-state index in [-0.39, 0.29) is 124 Å².